The molecule has 1 saturated carbocycles. The monoisotopic (exact) mass is 275 g/mol. The van der Waals surface area contributed by atoms with Crippen molar-refractivity contribution in [2.45, 2.75) is 19.0 Å². The molecule has 0 bridgehead atoms. The molecule has 1 fully saturated rings. The highest BCUT2D eigenvalue weighted by molar-refractivity contribution is 5.72. The quantitative estimate of drug-likeness (QED) is 0.887. The molecule has 5 nitrogen and oxygen atoms in total. The van der Waals surface area contributed by atoms with Crippen LogP contribution in [0.4, 0.5) is 19.1 Å². The first-order valence-corrected chi connectivity index (χ1v) is 5.73. The standard InChI is InChI=1S/C11H12F3N3O2/c12-11(13,14)8-3-4-15-10(16-8)17(6-9(18)19)5-7-1-2-7/h3-4,7H,1-2,5-6H2,(H,18,19). The molecular weight excluding hydrogens is 263 g/mol. The highest BCUT2D eigenvalue weighted by atomic mass is 19.4. The first-order chi connectivity index (χ1) is 8.86. The van der Waals surface area contributed by atoms with Crippen molar-refractivity contribution >= 4 is 11.9 Å². The van der Waals surface area contributed by atoms with Gasteiger partial charge in [0.25, 0.3) is 0 Å². The van der Waals surface area contributed by atoms with Crippen LogP contribution in [0.2, 0.25) is 0 Å². The molecule has 0 spiro atoms. The minimum Gasteiger partial charge on any atom is -0.480 e. The molecule has 1 heterocycles. The molecule has 1 aliphatic rings. The molecule has 0 saturated heterocycles. The molecule has 0 aliphatic heterocycles. The third-order valence-electron chi connectivity index (χ3n) is 2.72. The van der Waals surface area contributed by atoms with Crippen LogP contribution in [-0.4, -0.2) is 34.1 Å². The fourth-order valence-corrected chi connectivity index (χ4v) is 1.65. The minimum absolute atomic E-state index is 0.191. The van der Waals surface area contributed by atoms with E-state index >= 15 is 0 Å². The zero-order chi connectivity index (χ0) is 14.0. The smallest absolute Gasteiger partial charge is 0.433 e. The number of carbonyl (C=O) groups is 1. The minimum atomic E-state index is -4.56. The average molecular weight is 275 g/mol. The molecule has 0 unspecified atom stereocenters. The van der Waals surface area contributed by atoms with Crippen molar-refractivity contribution in [3.63, 3.8) is 0 Å². The molecule has 2 rings (SSSR count). The second kappa shape index (κ2) is 5.02. The van der Waals surface area contributed by atoms with Gasteiger partial charge >= 0.3 is 12.1 Å². The summed E-state index contributed by atoms with van der Waals surface area (Å²) >= 11 is 0. The number of hydrogen-bond donors (Lipinski definition) is 1. The molecular formula is C11H12F3N3O2. The van der Waals surface area contributed by atoms with E-state index in [0.29, 0.717) is 12.5 Å². The summed E-state index contributed by atoms with van der Waals surface area (Å²) < 4.78 is 37.6. The predicted molar refractivity (Wildman–Crippen MR) is 59.6 cm³/mol. The van der Waals surface area contributed by atoms with Gasteiger partial charge in [-0.2, -0.15) is 13.2 Å². The maximum absolute atomic E-state index is 12.5. The summed E-state index contributed by atoms with van der Waals surface area (Å²) in [6.07, 6.45) is -1.66. The SMILES string of the molecule is O=C(O)CN(CC1CC1)c1nccc(C(F)(F)F)n1. The van der Waals surface area contributed by atoms with Gasteiger partial charge in [-0.05, 0) is 24.8 Å². The molecule has 1 aliphatic carbocycles. The fraction of sp³-hybridized carbons (Fsp3) is 0.545. The van der Waals surface area contributed by atoms with Gasteiger partial charge in [-0.15, -0.1) is 0 Å². The van der Waals surface area contributed by atoms with Crippen LogP contribution in [0.25, 0.3) is 0 Å². The van der Waals surface area contributed by atoms with Crippen LogP contribution in [-0.2, 0) is 11.0 Å². The number of hydrogen-bond acceptors (Lipinski definition) is 4. The lowest BCUT2D eigenvalue weighted by atomic mass is 10.3. The van der Waals surface area contributed by atoms with Crippen LogP contribution >= 0.6 is 0 Å². The molecule has 1 aromatic rings. The van der Waals surface area contributed by atoms with Gasteiger partial charge in [-0.1, -0.05) is 0 Å². The summed E-state index contributed by atoms with van der Waals surface area (Å²) in [5.41, 5.74) is -1.07. The van der Waals surface area contributed by atoms with E-state index in [0.717, 1.165) is 25.1 Å². The van der Waals surface area contributed by atoms with Crippen LogP contribution in [0.15, 0.2) is 12.3 Å². The van der Waals surface area contributed by atoms with Gasteiger partial charge in [0.2, 0.25) is 5.95 Å². The summed E-state index contributed by atoms with van der Waals surface area (Å²) in [5, 5.41) is 8.79. The Labute approximate surface area is 107 Å². The Bertz CT molecular complexity index is 474. The molecule has 1 aromatic heterocycles. The highest BCUT2D eigenvalue weighted by Crippen LogP contribution is 2.32. The molecule has 8 heteroatoms. The predicted octanol–water partition coefficient (Wildman–Crippen LogP) is 1.80. The molecule has 0 aromatic carbocycles. The van der Waals surface area contributed by atoms with E-state index in [4.69, 9.17) is 5.11 Å². The van der Waals surface area contributed by atoms with Crippen molar-refractivity contribution in [1.29, 1.82) is 0 Å². The first kappa shape index (κ1) is 13.6. The van der Waals surface area contributed by atoms with Gasteiger partial charge in [0.15, 0.2) is 0 Å². The van der Waals surface area contributed by atoms with E-state index in [9.17, 15) is 18.0 Å². The fourth-order valence-electron chi connectivity index (χ4n) is 1.65. The molecule has 0 atom stereocenters. The van der Waals surface area contributed by atoms with Crippen LogP contribution in [0.3, 0.4) is 0 Å². The van der Waals surface area contributed by atoms with Crippen molar-refractivity contribution in [2.24, 2.45) is 5.92 Å². The number of halogens is 3. The van der Waals surface area contributed by atoms with E-state index in [-0.39, 0.29) is 5.95 Å². The van der Waals surface area contributed by atoms with Crippen LogP contribution < -0.4 is 4.90 Å². The number of carboxylic acid groups (broad SMARTS) is 1. The number of aliphatic carboxylic acids is 1. The molecule has 104 valence electrons. The molecule has 1 N–H and O–H groups in total. The van der Waals surface area contributed by atoms with E-state index in [1.807, 2.05) is 0 Å². The van der Waals surface area contributed by atoms with Crippen molar-refractivity contribution in [1.82, 2.24) is 9.97 Å². The maximum Gasteiger partial charge on any atom is 0.433 e. The van der Waals surface area contributed by atoms with Crippen molar-refractivity contribution in [3.8, 4) is 0 Å². The number of carboxylic acids is 1. The van der Waals surface area contributed by atoms with Gasteiger partial charge < -0.3 is 10.0 Å². The Balaban J connectivity index is 2.21. The Morgan fingerprint density at radius 3 is 2.68 bits per heavy atom. The van der Waals surface area contributed by atoms with Crippen LogP contribution in [0, 0.1) is 5.92 Å². The number of nitrogens with zero attached hydrogens (tertiary/aromatic N) is 3. The van der Waals surface area contributed by atoms with Crippen molar-refractivity contribution in [3.05, 3.63) is 18.0 Å². The van der Waals surface area contributed by atoms with Crippen LogP contribution in [0.5, 0.6) is 0 Å². The summed E-state index contributed by atoms with van der Waals surface area (Å²) in [5.74, 6) is -0.997. The number of aromatic nitrogens is 2. The number of rotatable bonds is 5. The van der Waals surface area contributed by atoms with E-state index < -0.39 is 24.4 Å². The zero-order valence-electron chi connectivity index (χ0n) is 9.89. The zero-order valence-corrected chi connectivity index (χ0v) is 9.89. The van der Waals surface area contributed by atoms with Gasteiger partial charge in [-0.3, -0.25) is 4.79 Å². The lowest BCUT2D eigenvalue weighted by molar-refractivity contribution is -0.141. The third-order valence-corrected chi connectivity index (χ3v) is 2.72. The molecule has 0 amide bonds. The second-order valence-corrected chi connectivity index (χ2v) is 4.46. The summed E-state index contributed by atoms with van der Waals surface area (Å²) in [6.45, 7) is -0.0363. The van der Waals surface area contributed by atoms with Gasteiger partial charge in [0.05, 0.1) is 0 Å². The lowest BCUT2D eigenvalue weighted by Gasteiger charge is -2.20. The average Bonchev–Trinajstić information content (AvgIpc) is 3.10. The van der Waals surface area contributed by atoms with Crippen LogP contribution in [0.1, 0.15) is 18.5 Å². The van der Waals surface area contributed by atoms with Gasteiger partial charge in [-0.25, -0.2) is 9.97 Å². The Morgan fingerprint density at radius 2 is 2.16 bits per heavy atom. The van der Waals surface area contributed by atoms with Gasteiger partial charge in [0, 0.05) is 12.7 Å². The normalized spacial score (nSPS) is 15.3. The lowest BCUT2D eigenvalue weighted by Crippen LogP contribution is -2.33. The third kappa shape index (κ3) is 3.80. The van der Waals surface area contributed by atoms with Crippen molar-refractivity contribution in [2.75, 3.05) is 18.0 Å². The summed E-state index contributed by atoms with van der Waals surface area (Å²) in [6, 6.07) is 0.763. The highest BCUT2D eigenvalue weighted by Gasteiger charge is 2.34. The number of anilines is 1. The Kier molecular flexibility index (Phi) is 3.59. The van der Waals surface area contributed by atoms with Crippen molar-refractivity contribution < 1.29 is 23.1 Å². The maximum atomic E-state index is 12.5. The van der Waals surface area contributed by atoms with Gasteiger partial charge in [0.1, 0.15) is 12.2 Å². The Morgan fingerprint density at radius 1 is 1.47 bits per heavy atom. The van der Waals surface area contributed by atoms with E-state index in [1.54, 1.807) is 0 Å². The Hall–Kier alpha value is -1.86. The first-order valence-electron chi connectivity index (χ1n) is 5.73. The second-order valence-electron chi connectivity index (χ2n) is 4.46. The topological polar surface area (TPSA) is 66.3 Å². The molecule has 0 radical (unpaired) electrons. The number of alkyl halides is 3. The molecule has 19 heavy (non-hydrogen) atoms. The summed E-state index contributed by atoms with van der Waals surface area (Å²) in [7, 11) is 0. The largest absolute Gasteiger partial charge is 0.480 e. The summed E-state index contributed by atoms with van der Waals surface area (Å²) in [4.78, 5) is 19.2. The van der Waals surface area contributed by atoms with E-state index in [1.165, 1.54) is 4.90 Å². The van der Waals surface area contributed by atoms with E-state index in [2.05, 4.69) is 9.97 Å².